The zero-order valence-electron chi connectivity index (χ0n) is 30.5. The molecule has 56 heavy (non-hydrogen) atoms. The molecule has 0 fully saturated rings. The molecule has 0 aliphatic heterocycles. The molecule has 12 nitrogen and oxygen atoms in total. The molecule has 2 aromatic carbocycles. The second-order valence-corrected chi connectivity index (χ2v) is 13.4. The van der Waals surface area contributed by atoms with Crippen molar-refractivity contribution in [2.75, 3.05) is 0 Å². The van der Waals surface area contributed by atoms with Crippen LogP contribution in [0.3, 0.4) is 0 Å². The SMILES string of the molecule is CCC(C)n1ccc(-c2ccn3c(-c4ccnc5ccccc45)nnc3c2)cc1=O.O=c1cc(-c2ccn3c(-c4ccnc5ccccc45)nnc3c2)cc[nH]1. The second kappa shape index (κ2) is 14.3. The zero-order valence-corrected chi connectivity index (χ0v) is 30.5. The first-order valence-electron chi connectivity index (χ1n) is 18.2. The lowest BCUT2D eigenvalue weighted by molar-refractivity contribution is 0.514. The topological polar surface area (TPSA) is 141 Å². The summed E-state index contributed by atoms with van der Waals surface area (Å²) in [6.07, 6.45) is 11.9. The first-order chi connectivity index (χ1) is 27.4. The molecule has 12 heteroatoms. The Morgan fingerprint density at radius 1 is 0.589 bits per heavy atom. The monoisotopic (exact) mass is 734 g/mol. The maximum Gasteiger partial charge on any atom is 0.251 e. The molecule has 0 bridgehead atoms. The summed E-state index contributed by atoms with van der Waals surface area (Å²) in [5.41, 5.74) is 8.71. The molecule has 0 saturated heterocycles. The predicted molar refractivity (Wildman–Crippen MR) is 218 cm³/mol. The normalized spacial score (nSPS) is 11.9. The maximum atomic E-state index is 12.5. The first-order valence-corrected chi connectivity index (χ1v) is 18.2. The van der Waals surface area contributed by atoms with Gasteiger partial charge >= 0.3 is 0 Å². The molecule has 0 amide bonds. The number of nitrogens with zero attached hydrogens (tertiary/aromatic N) is 9. The highest BCUT2D eigenvalue weighted by Gasteiger charge is 2.15. The van der Waals surface area contributed by atoms with E-state index in [-0.39, 0.29) is 17.2 Å². The molecule has 0 spiro atoms. The van der Waals surface area contributed by atoms with E-state index < -0.39 is 0 Å². The number of pyridine rings is 6. The van der Waals surface area contributed by atoms with Crippen LogP contribution in [0.15, 0.2) is 156 Å². The molecular weight excluding hydrogens is 701 g/mol. The molecule has 0 radical (unpaired) electrons. The average molecular weight is 735 g/mol. The van der Waals surface area contributed by atoms with Crippen molar-refractivity contribution in [3.05, 3.63) is 167 Å². The Hall–Kier alpha value is -7.60. The van der Waals surface area contributed by atoms with Gasteiger partial charge in [0.2, 0.25) is 5.56 Å². The van der Waals surface area contributed by atoms with Crippen molar-refractivity contribution in [2.45, 2.75) is 26.3 Å². The molecule has 8 aromatic heterocycles. The van der Waals surface area contributed by atoms with Crippen molar-refractivity contribution in [2.24, 2.45) is 0 Å². The lowest BCUT2D eigenvalue weighted by Crippen LogP contribution is -2.21. The quantitative estimate of drug-likeness (QED) is 0.181. The highest BCUT2D eigenvalue weighted by atomic mass is 16.1. The summed E-state index contributed by atoms with van der Waals surface area (Å²) in [4.78, 5) is 35.5. The van der Waals surface area contributed by atoms with Crippen molar-refractivity contribution >= 4 is 33.1 Å². The first kappa shape index (κ1) is 34.2. The minimum absolute atomic E-state index is 0.00661. The third-order valence-electron chi connectivity index (χ3n) is 10.1. The number of para-hydroxylation sites is 2. The smallest absolute Gasteiger partial charge is 0.251 e. The maximum absolute atomic E-state index is 12.5. The third-order valence-corrected chi connectivity index (χ3v) is 10.1. The number of aromatic nitrogens is 10. The van der Waals surface area contributed by atoms with E-state index in [1.54, 1.807) is 35.3 Å². The van der Waals surface area contributed by atoms with Gasteiger partial charge in [-0.2, -0.15) is 0 Å². The van der Waals surface area contributed by atoms with E-state index in [9.17, 15) is 9.59 Å². The standard InChI is InChI=1S/C24H21N5O.C20H13N5O/c1-3-16(2)28-12-9-18(15-23(28)30)17-10-13-29-22(14-17)26-27-24(29)20-8-11-25-21-7-5-4-6-19(20)21;26-19-12-13(5-8-22-19)14-7-10-25-18(11-14)23-24-20(25)16-6-9-21-17-4-2-1-3-15(16)17/h4-16H,3H2,1-2H3;1-12H,(H,22,26). The number of benzene rings is 2. The van der Waals surface area contributed by atoms with Crippen LogP contribution in [0.25, 0.3) is 78.1 Å². The van der Waals surface area contributed by atoms with Gasteiger partial charge in [-0.15, -0.1) is 20.4 Å². The van der Waals surface area contributed by atoms with E-state index >= 15 is 0 Å². The number of fused-ring (bicyclic) bond motifs is 4. The van der Waals surface area contributed by atoms with Gasteiger partial charge in [-0.05, 0) is 96.3 Å². The van der Waals surface area contributed by atoms with Gasteiger partial charge in [0.1, 0.15) is 0 Å². The molecule has 1 N–H and O–H groups in total. The van der Waals surface area contributed by atoms with Crippen molar-refractivity contribution < 1.29 is 0 Å². The summed E-state index contributed by atoms with van der Waals surface area (Å²) in [6, 6.07) is 35.0. The van der Waals surface area contributed by atoms with Crippen molar-refractivity contribution in [3.63, 3.8) is 0 Å². The second-order valence-electron chi connectivity index (χ2n) is 13.4. The fraction of sp³-hybridized carbons (Fsp3) is 0.0909. The number of nitrogens with one attached hydrogen (secondary N) is 1. The Morgan fingerprint density at radius 3 is 1.64 bits per heavy atom. The third kappa shape index (κ3) is 6.28. The van der Waals surface area contributed by atoms with E-state index in [4.69, 9.17) is 0 Å². The van der Waals surface area contributed by atoms with Gasteiger partial charge in [0.25, 0.3) is 5.56 Å². The summed E-state index contributed by atoms with van der Waals surface area (Å²) < 4.78 is 5.68. The van der Waals surface area contributed by atoms with E-state index in [1.807, 2.05) is 131 Å². The summed E-state index contributed by atoms with van der Waals surface area (Å²) in [6.45, 7) is 4.13. The average Bonchev–Trinajstić information content (AvgIpc) is 3.87. The molecule has 10 aromatic rings. The summed E-state index contributed by atoms with van der Waals surface area (Å²) in [5.74, 6) is 1.53. The number of hydrogen-bond acceptors (Lipinski definition) is 8. The Kier molecular flexibility index (Phi) is 8.75. The molecule has 272 valence electrons. The minimum atomic E-state index is -0.132. The van der Waals surface area contributed by atoms with Crippen LogP contribution >= 0.6 is 0 Å². The molecule has 1 atom stereocenters. The van der Waals surface area contributed by atoms with Crippen LogP contribution in [0.4, 0.5) is 0 Å². The molecule has 1 unspecified atom stereocenters. The van der Waals surface area contributed by atoms with Gasteiger partial charge in [-0.1, -0.05) is 43.3 Å². The fourth-order valence-corrected chi connectivity index (χ4v) is 6.94. The Bertz CT molecular complexity index is 3170. The predicted octanol–water partition coefficient (Wildman–Crippen LogP) is 8.04. The van der Waals surface area contributed by atoms with Crippen LogP contribution in [-0.4, -0.2) is 48.7 Å². The van der Waals surface area contributed by atoms with E-state index in [2.05, 4.69) is 42.3 Å². The lowest BCUT2D eigenvalue weighted by Gasteiger charge is -2.13. The number of rotatable bonds is 6. The summed E-state index contributed by atoms with van der Waals surface area (Å²) >= 11 is 0. The molecule has 0 saturated carbocycles. The van der Waals surface area contributed by atoms with Crippen LogP contribution in [0.1, 0.15) is 26.3 Å². The Balaban J connectivity index is 0.000000148. The molecule has 0 aliphatic carbocycles. The number of aromatic amines is 1. The molecule has 8 heterocycles. The van der Waals surface area contributed by atoms with Crippen molar-refractivity contribution in [3.8, 4) is 45.0 Å². The van der Waals surface area contributed by atoms with Gasteiger partial charge in [-0.3, -0.25) is 28.4 Å². The van der Waals surface area contributed by atoms with Crippen LogP contribution in [0.5, 0.6) is 0 Å². The Labute approximate surface area is 319 Å². The fourth-order valence-electron chi connectivity index (χ4n) is 6.94. The minimum Gasteiger partial charge on any atom is -0.329 e. The number of hydrogen-bond donors (Lipinski definition) is 1. The van der Waals surface area contributed by atoms with Gasteiger partial charge in [0.05, 0.1) is 11.0 Å². The molecular formula is C44H34N10O2. The van der Waals surface area contributed by atoms with Crippen molar-refractivity contribution in [1.82, 2.24) is 48.7 Å². The highest BCUT2D eigenvalue weighted by molar-refractivity contribution is 5.94. The van der Waals surface area contributed by atoms with E-state index in [0.29, 0.717) is 0 Å². The highest BCUT2D eigenvalue weighted by Crippen LogP contribution is 2.29. The summed E-state index contributed by atoms with van der Waals surface area (Å²) in [7, 11) is 0. The van der Waals surface area contributed by atoms with Gasteiger partial charge in [-0.25, -0.2) is 0 Å². The van der Waals surface area contributed by atoms with Crippen LogP contribution in [0, 0.1) is 0 Å². The van der Waals surface area contributed by atoms with E-state index in [0.717, 1.165) is 84.6 Å². The molecule has 0 aliphatic rings. The van der Waals surface area contributed by atoms with Gasteiger partial charge in [0.15, 0.2) is 22.9 Å². The van der Waals surface area contributed by atoms with Crippen LogP contribution in [0.2, 0.25) is 0 Å². The largest absolute Gasteiger partial charge is 0.329 e. The summed E-state index contributed by atoms with van der Waals surface area (Å²) in [5, 5.41) is 19.6. The van der Waals surface area contributed by atoms with Crippen molar-refractivity contribution in [1.29, 1.82) is 0 Å². The van der Waals surface area contributed by atoms with E-state index in [1.165, 1.54) is 0 Å². The Morgan fingerprint density at radius 2 is 1.11 bits per heavy atom. The molecule has 10 rings (SSSR count). The van der Waals surface area contributed by atoms with Crippen LogP contribution < -0.4 is 11.1 Å². The van der Waals surface area contributed by atoms with Gasteiger partial charge < -0.3 is 9.55 Å². The lowest BCUT2D eigenvalue weighted by atomic mass is 10.1. The van der Waals surface area contributed by atoms with Crippen LogP contribution in [-0.2, 0) is 0 Å². The van der Waals surface area contributed by atoms with Gasteiger partial charge in [0, 0.05) is 77.3 Å². The number of H-pyrrole nitrogens is 1. The zero-order chi connectivity index (χ0) is 38.2.